The smallest absolute Gasteiger partial charge is 0.262 e. The number of hydrogen-bond acceptors (Lipinski definition) is 2. The zero-order chi connectivity index (χ0) is 17.6. The van der Waals surface area contributed by atoms with E-state index in [1.807, 2.05) is 53.2 Å². The summed E-state index contributed by atoms with van der Waals surface area (Å²) >= 11 is 5.94. The summed E-state index contributed by atoms with van der Waals surface area (Å²) in [5.41, 5.74) is 1.82. The molecule has 1 aliphatic rings. The molecule has 0 bridgehead atoms. The van der Waals surface area contributed by atoms with E-state index in [1.165, 1.54) is 6.42 Å². The van der Waals surface area contributed by atoms with Crippen molar-refractivity contribution in [2.24, 2.45) is 0 Å². The minimum atomic E-state index is -0.293. The van der Waals surface area contributed by atoms with E-state index in [9.17, 15) is 10.1 Å². The summed E-state index contributed by atoms with van der Waals surface area (Å²) in [4.78, 5) is 12.4. The second kappa shape index (κ2) is 8.04. The molecule has 0 saturated heterocycles. The molecular formula is C20H20ClN3O. The number of aromatic nitrogens is 1. The average Bonchev–Trinajstić information content (AvgIpc) is 3.09. The number of halogens is 1. The quantitative estimate of drug-likeness (QED) is 0.650. The van der Waals surface area contributed by atoms with Gasteiger partial charge in [-0.1, -0.05) is 30.9 Å². The second-order valence-corrected chi connectivity index (χ2v) is 6.69. The van der Waals surface area contributed by atoms with Gasteiger partial charge in [0.2, 0.25) is 0 Å². The number of nitrogens with one attached hydrogen (secondary N) is 1. The first kappa shape index (κ1) is 17.3. The van der Waals surface area contributed by atoms with Crippen LogP contribution in [-0.2, 0) is 4.79 Å². The fourth-order valence-corrected chi connectivity index (χ4v) is 3.28. The molecule has 1 N–H and O–H groups in total. The molecule has 1 aromatic heterocycles. The number of nitrogens with zero attached hydrogens (tertiary/aromatic N) is 2. The highest BCUT2D eigenvalue weighted by Gasteiger charge is 2.18. The normalized spacial score (nSPS) is 15.6. The van der Waals surface area contributed by atoms with Crippen LogP contribution in [0.15, 0.2) is 48.2 Å². The topological polar surface area (TPSA) is 57.8 Å². The second-order valence-electron chi connectivity index (χ2n) is 6.26. The lowest BCUT2D eigenvalue weighted by molar-refractivity contribution is -0.117. The van der Waals surface area contributed by atoms with E-state index in [0.29, 0.717) is 5.02 Å². The first-order chi connectivity index (χ1) is 12.2. The van der Waals surface area contributed by atoms with Crippen molar-refractivity contribution in [1.82, 2.24) is 9.88 Å². The van der Waals surface area contributed by atoms with Crippen LogP contribution >= 0.6 is 11.6 Å². The first-order valence-corrected chi connectivity index (χ1v) is 8.91. The Morgan fingerprint density at radius 1 is 1.20 bits per heavy atom. The van der Waals surface area contributed by atoms with Gasteiger partial charge >= 0.3 is 0 Å². The fourth-order valence-electron chi connectivity index (χ4n) is 3.16. The summed E-state index contributed by atoms with van der Waals surface area (Å²) in [6.07, 6.45) is 9.00. The lowest BCUT2D eigenvalue weighted by Crippen LogP contribution is -2.36. The Morgan fingerprint density at radius 3 is 2.60 bits per heavy atom. The summed E-state index contributed by atoms with van der Waals surface area (Å²) in [6.45, 7) is 0. The van der Waals surface area contributed by atoms with Gasteiger partial charge in [-0.05, 0) is 55.3 Å². The monoisotopic (exact) mass is 353 g/mol. The van der Waals surface area contributed by atoms with Gasteiger partial charge < -0.3 is 9.88 Å². The molecule has 1 heterocycles. The minimum Gasteiger partial charge on any atom is -0.349 e. The van der Waals surface area contributed by atoms with E-state index < -0.39 is 0 Å². The van der Waals surface area contributed by atoms with Gasteiger partial charge in [-0.25, -0.2) is 0 Å². The van der Waals surface area contributed by atoms with Crippen LogP contribution in [0.5, 0.6) is 0 Å². The lowest BCUT2D eigenvalue weighted by Gasteiger charge is -2.22. The Balaban J connectivity index is 1.81. The van der Waals surface area contributed by atoms with Crippen LogP contribution in [0.2, 0.25) is 5.02 Å². The molecule has 1 aromatic carbocycles. The summed E-state index contributed by atoms with van der Waals surface area (Å²) in [5.74, 6) is -0.293. The van der Waals surface area contributed by atoms with Crippen LogP contribution in [0.4, 0.5) is 0 Å². The molecule has 1 saturated carbocycles. The molecule has 3 rings (SSSR count). The van der Waals surface area contributed by atoms with Crippen LogP contribution in [-0.4, -0.2) is 16.5 Å². The maximum atomic E-state index is 12.4. The predicted molar refractivity (Wildman–Crippen MR) is 99.4 cm³/mol. The van der Waals surface area contributed by atoms with Gasteiger partial charge in [0.05, 0.1) is 0 Å². The third-order valence-corrected chi connectivity index (χ3v) is 4.73. The maximum absolute atomic E-state index is 12.4. The van der Waals surface area contributed by atoms with E-state index in [4.69, 9.17) is 11.6 Å². The van der Waals surface area contributed by atoms with E-state index in [1.54, 1.807) is 6.08 Å². The zero-order valence-corrected chi connectivity index (χ0v) is 14.7. The molecule has 128 valence electrons. The Kier molecular flexibility index (Phi) is 5.57. The highest BCUT2D eigenvalue weighted by atomic mass is 35.5. The van der Waals surface area contributed by atoms with Gasteiger partial charge in [-0.15, -0.1) is 0 Å². The number of hydrogen-bond donors (Lipinski definition) is 1. The number of nitriles is 1. The van der Waals surface area contributed by atoms with Crippen molar-refractivity contribution in [1.29, 1.82) is 5.26 Å². The Hall–Kier alpha value is -2.51. The molecule has 2 aromatic rings. The van der Waals surface area contributed by atoms with Gasteiger partial charge in [-0.3, -0.25) is 4.79 Å². The molecule has 4 nitrogen and oxygen atoms in total. The van der Waals surface area contributed by atoms with Crippen LogP contribution in [0.1, 0.15) is 37.8 Å². The molecule has 1 aliphatic carbocycles. The van der Waals surface area contributed by atoms with Crippen molar-refractivity contribution in [2.75, 3.05) is 0 Å². The lowest BCUT2D eigenvalue weighted by atomic mass is 9.95. The van der Waals surface area contributed by atoms with Crippen molar-refractivity contribution in [2.45, 2.75) is 38.1 Å². The molecule has 5 heteroatoms. The van der Waals surface area contributed by atoms with Gasteiger partial charge in [-0.2, -0.15) is 5.26 Å². The number of carbonyl (C=O) groups is 1. The van der Waals surface area contributed by atoms with Gasteiger partial charge in [0, 0.05) is 28.6 Å². The largest absolute Gasteiger partial charge is 0.349 e. The maximum Gasteiger partial charge on any atom is 0.262 e. The van der Waals surface area contributed by atoms with Crippen molar-refractivity contribution in [3.8, 4) is 11.8 Å². The van der Waals surface area contributed by atoms with Crippen molar-refractivity contribution in [3.05, 3.63) is 58.9 Å². The number of amides is 1. The zero-order valence-electron chi connectivity index (χ0n) is 13.9. The Morgan fingerprint density at radius 2 is 1.92 bits per heavy atom. The van der Waals surface area contributed by atoms with E-state index in [0.717, 1.165) is 37.1 Å². The molecule has 0 aliphatic heterocycles. The SMILES string of the molecule is N#C/C(=C/c1cccn1-c1ccc(Cl)cc1)C(=O)NC1CCCCC1. The number of benzene rings is 1. The molecule has 0 atom stereocenters. The average molecular weight is 354 g/mol. The molecule has 1 fully saturated rings. The van der Waals surface area contributed by atoms with Crippen LogP contribution in [0.3, 0.4) is 0 Å². The third kappa shape index (κ3) is 4.32. The standard InChI is InChI=1S/C20H20ClN3O/c21-16-8-10-18(11-9-16)24-12-4-7-19(24)13-15(14-22)20(25)23-17-5-2-1-3-6-17/h4,7-13,17H,1-3,5-6H2,(H,23,25)/b15-13-. The van der Waals surface area contributed by atoms with E-state index >= 15 is 0 Å². The predicted octanol–water partition coefficient (Wildman–Crippen LogP) is 4.49. The molecule has 0 unspecified atom stereocenters. The molecule has 0 radical (unpaired) electrons. The molecule has 25 heavy (non-hydrogen) atoms. The fraction of sp³-hybridized carbons (Fsp3) is 0.300. The highest BCUT2D eigenvalue weighted by molar-refractivity contribution is 6.30. The van der Waals surface area contributed by atoms with E-state index in [2.05, 4.69) is 5.32 Å². The van der Waals surface area contributed by atoms with Gasteiger partial charge in [0.15, 0.2) is 0 Å². The Labute approximate surface area is 152 Å². The van der Waals surface area contributed by atoms with Crippen molar-refractivity contribution in [3.63, 3.8) is 0 Å². The third-order valence-electron chi connectivity index (χ3n) is 4.48. The van der Waals surface area contributed by atoms with Crippen LogP contribution in [0, 0.1) is 11.3 Å². The highest BCUT2D eigenvalue weighted by Crippen LogP contribution is 2.20. The molecule has 0 spiro atoms. The van der Waals surface area contributed by atoms with Crippen LogP contribution in [0.25, 0.3) is 11.8 Å². The van der Waals surface area contributed by atoms with Crippen molar-refractivity contribution >= 4 is 23.6 Å². The summed E-state index contributed by atoms with van der Waals surface area (Å²) in [5, 5.41) is 13.1. The van der Waals surface area contributed by atoms with Gasteiger partial charge in [0.1, 0.15) is 11.6 Å². The van der Waals surface area contributed by atoms with Crippen molar-refractivity contribution < 1.29 is 4.79 Å². The minimum absolute atomic E-state index is 0.125. The Bertz CT molecular complexity index is 808. The number of rotatable bonds is 4. The number of carbonyl (C=O) groups excluding carboxylic acids is 1. The van der Waals surface area contributed by atoms with Crippen LogP contribution < -0.4 is 5.32 Å². The first-order valence-electron chi connectivity index (χ1n) is 8.53. The summed E-state index contributed by atoms with van der Waals surface area (Å²) < 4.78 is 1.92. The summed E-state index contributed by atoms with van der Waals surface area (Å²) in [7, 11) is 0. The molecular weight excluding hydrogens is 334 g/mol. The van der Waals surface area contributed by atoms with E-state index in [-0.39, 0.29) is 17.5 Å². The van der Waals surface area contributed by atoms with Gasteiger partial charge in [0.25, 0.3) is 5.91 Å². The molecule has 1 amide bonds. The summed E-state index contributed by atoms with van der Waals surface area (Å²) in [6, 6.07) is 13.4.